The molecule has 0 saturated heterocycles. The van der Waals surface area contributed by atoms with Crippen LogP contribution in [0.1, 0.15) is 84.9 Å². The second kappa shape index (κ2) is 27.1. The van der Waals surface area contributed by atoms with Crippen molar-refractivity contribution in [1.29, 1.82) is 0 Å². The Hall–Kier alpha value is -9.53. The van der Waals surface area contributed by atoms with Crippen LogP contribution in [0, 0.1) is 6.92 Å². The average molecular weight is 1280 g/mol. The molecule has 5 N–H and O–H groups in total. The van der Waals surface area contributed by atoms with Crippen LogP contribution in [0.4, 0.5) is 17.1 Å². The molecule has 19 heteroatoms. The Kier molecular flexibility index (Phi) is 18.9. The maximum atomic E-state index is 13.5. The molecule has 8 aromatic carbocycles. The summed E-state index contributed by atoms with van der Waals surface area (Å²) in [5.41, 5.74) is 11.3. The molecule has 2 heterocycles. The molecule has 0 spiro atoms. The zero-order chi connectivity index (χ0) is 64.7. The first kappa shape index (κ1) is 64.0. The van der Waals surface area contributed by atoms with Gasteiger partial charge in [-0.1, -0.05) is 116 Å². The van der Waals surface area contributed by atoms with Crippen LogP contribution in [0.15, 0.2) is 210 Å². The predicted molar refractivity (Wildman–Crippen MR) is 365 cm³/mol. The van der Waals surface area contributed by atoms with Crippen LogP contribution in [0.5, 0.6) is 23.0 Å². The third-order valence-corrected chi connectivity index (χ3v) is 19.7. The smallest absolute Gasteiger partial charge is 0.240 e. The van der Waals surface area contributed by atoms with Crippen molar-refractivity contribution >= 4 is 54.8 Å². The van der Waals surface area contributed by atoms with Crippen molar-refractivity contribution in [2.45, 2.75) is 86.0 Å². The van der Waals surface area contributed by atoms with E-state index in [1.807, 2.05) is 171 Å². The highest BCUT2D eigenvalue weighted by atomic mass is 32.2. The highest BCUT2D eigenvalue weighted by Crippen LogP contribution is 2.53. The molecule has 1 aromatic heterocycles. The number of furan rings is 1. The lowest BCUT2D eigenvalue weighted by atomic mass is 9.78. The van der Waals surface area contributed by atoms with Gasteiger partial charge in [-0.2, -0.15) is 0 Å². The number of carbonyl (C=O) groups is 3. The molecule has 17 nitrogen and oxygen atoms in total. The zero-order valence-corrected chi connectivity index (χ0v) is 53.5. The fourth-order valence-corrected chi connectivity index (χ4v) is 13.2. The van der Waals surface area contributed by atoms with Crippen molar-refractivity contribution in [2.75, 3.05) is 50.3 Å². The number of carbonyl (C=O) groups excluding carboxylic acids is 3. The molecule has 482 valence electrons. The second-order valence-corrected chi connectivity index (χ2v) is 27.3. The topological polar surface area (TPSA) is 230 Å². The zero-order valence-electron chi connectivity index (χ0n) is 51.8. The Morgan fingerprint density at radius 1 is 0.533 bits per heavy atom. The number of ether oxygens (including phenoxy) is 4. The number of fused-ring (bicyclic) bond motifs is 1. The number of methoxy groups -OCH3 is 2. The summed E-state index contributed by atoms with van der Waals surface area (Å²) < 4.78 is 78.1. The first-order valence-corrected chi connectivity index (χ1v) is 33.8. The largest absolute Gasteiger partial charge is 0.497 e. The Morgan fingerprint density at radius 3 is 1.66 bits per heavy atom. The van der Waals surface area contributed by atoms with Gasteiger partial charge in [0.25, 0.3) is 0 Å². The number of anilines is 3. The summed E-state index contributed by atoms with van der Waals surface area (Å²) in [5.74, 6) is 2.94. The molecule has 3 aliphatic carbocycles. The van der Waals surface area contributed by atoms with E-state index >= 15 is 0 Å². The van der Waals surface area contributed by atoms with E-state index in [1.54, 1.807) is 51.0 Å². The minimum Gasteiger partial charge on any atom is -0.497 e. The number of amides is 3. The summed E-state index contributed by atoms with van der Waals surface area (Å²) in [5, 5.41) is 9.31. The monoisotopic (exact) mass is 1280 g/mol. The van der Waals surface area contributed by atoms with Gasteiger partial charge < -0.3 is 39.3 Å². The molecule has 4 aliphatic rings. The normalized spacial score (nSPS) is 15.3. The van der Waals surface area contributed by atoms with Crippen molar-refractivity contribution in [1.82, 2.24) is 9.44 Å². The van der Waals surface area contributed by atoms with Crippen LogP contribution >= 0.6 is 0 Å². The molecule has 1 aliphatic heterocycles. The van der Waals surface area contributed by atoms with Gasteiger partial charge in [0.2, 0.25) is 44.6 Å². The maximum Gasteiger partial charge on any atom is 0.240 e. The summed E-state index contributed by atoms with van der Waals surface area (Å²) in [6.45, 7) is 2.53. The summed E-state index contributed by atoms with van der Waals surface area (Å²) in [6, 6.07) is 58.8. The van der Waals surface area contributed by atoms with Gasteiger partial charge in [-0.05, 0) is 187 Å². The van der Waals surface area contributed by atoms with Crippen molar-refractivity contribution in [3.8, 4) is 56.4 Å². The Bertz CT molecular complexity index is 4400. The van der Waals surface area contributed by atoms with E-state index in [9.17, 15) is 31.2 Å². The van der Waals surface area contributed by atoms with Crippen molar-refractivity contribution < 1.29 is 60.3 Å². The number of hydrogen-bond acceptors (Lipinski definition) is 12. The lowest BCUT2D eigenvalue weighted by Gasteiger charge is -2.28. The fourth-order valence-electron chi connectivity index (χ4n) is 12.0. The van der Waals surface area contributed by atoms with Gasteiger partial charge in [0, 0.05) is 40.4 Å². The molecular formula is C73H81N5O12S2. The van der Waals surface area contributed by atoms with Gasteiger partial charge in [-0.25, -0.2) is 26.3 Å². The Labute approximate surface area is 542 Å². The molecule has 92 heavy (non-hydrogen) atoms. The number of benzene rings is 8. The van der Waals surface area contributed by atoms with Crippen LogP contribution in [0.2, 0.25) is 0 Å². The second-order valence-electron chi connectivity index (χ2n) is 23.5. The summed E-state index contributed by atoms with van der Waals surface area (Å²) in [7, 11) is -2.07. The van der Waals surface area contributed by atoms with Gasteiger partial charge in [0.1, 0.15) is 11.5 Å². The maximum absolute atomic E-state index is 13.5. The number of rotatable bonds is 19. The highest BCUT2D eigenvalue weighted by molar-refractivity contribution is 7.89. The average Bonchev–Trinajstić information content (AvgIpc) is 1.59. The van der Waals surface area contributed by atoms with E-state index in [1.165, 1.54) is 7.05 Å². The quantitative estimate of drug-likeness (QED) is 0.0509. The molecule has 3 fully saturated rings. The molecule has 9 aromatic rings. The minimum absolute atomic E-state index is 0. The summed E-state index contributed by atoms with van der Waals surface area (Å²) in [6.07, 6.45) is 11.4. The molecule has 0 atom stereocenters. The van der Waals surface area contributed by atoms with Crippen molar-refractivity contribution in [2.24, 2.45) is 0 Å². The van der Waals surface area contributed by atoms with Gasteiger partial charge in [-0.15, -0.1) is 0 Å². The molecular weight excluding hydrogens is 1200 g/mol. The van der Waals surface area contributed by atoms with Gasteiger partial charge >= 0.3 is 0 Å². The van der Waals surface area contributed by atoms with E-state index in [-0.39, 0.29) is 41.7 Å². The molecule has 3 saturated carbocycles. The number of nitrogens with one attached hydrogen (secondary N) is 5. The van der Waals surface area contributed by atoms with Crippen LogP contribution in [-0.2, 0) is 57.2 Å². The molecule has 0 unspecified atom stereocenters. The van der Waals surface area contributed by atoms with Crippen LogP contribution < -0.4 is 44.3 Å². The highest BCUT2D eigenvalue weighted by Gasteiger charge is 2.53. The number of sulfonamides is 2. The molecule has 0 radical (unpaired) electrons. The van der Waals surface area contributed by atoms with Gasteiger partial charge in [-0.3, -0.25) is 14.4 Å². The summed E-state index contributed by atoms with van der Waals surface area (Å²) >= 11 is 0. The van der Waals surface area contributed by atoms with Gasteiger partial charge in [0.05, 0.1) is 54.1 Å². The standard InChI is InChI=1S/C26H28N2O4S.C25H26N2O4S.C22H19NO4.4H2/c1-27-33(30,31)24-14-8-19(9-15-24)20-6-5-7-22(18-20)28-25(29)26(16-3-4-17-26)21-10-12-23(32-2)13-11-21;1-31-23-9-4-3-8-22(23)25(14-15-25)24(28)27-21-7-5-6-20(16-21)19-12-10-18(11-13-19)17-26-32(2,29)30;1-14-2-4-17(11-18(14)15-6-9-25-12-15)23-21(24)22(7-8-22)16-3-5-19-20(10-16)27-13-26-19;;;;/h5-15,18,27H,3-4,16-17H2,1-2H3,(H,28,29);3-13,16,26H,14-15,17H2,1-2H3,(H,27,28);2-6,9-12H,7-8,13H2,1H3,(H,23,24);4*1H. The molecule has 3 amide bonds. The molecule has 13 rings (SSSR count). The minimum atomic E-state index is -3.48. The number of hydrogen-bond donors (Lipinski definition) is 5. The van der Waals surface area contributed by atoms with Crippen molar-refractivity contribution in [3.63, 3.8) is 0 Å². The van der Waals surface area contributed by atoms with Crippen molar-refractivity contribution in [3.05, 3.63) is 228 Å². The first-order valence-electron chi connectivity index (χ1n) is 30.4. The van der Waals surface area contributed by atoms with E-state index in [0.717, 1.165) is 147 Å². The van der Waals surface area contributed by atoms with Crippen LogP contribution in [0.3, 0.4) is 0 Å². The third kappa shape index (κ3) is 14.3. The lowest BCUT2D eigenvalue weighted by molar-refractivity contribution is -0.121. The summed E-state index contributed by atoms with van der Waals surface area (Å²) in [4.78, 5) is 40.0. The van der Waals surface area contributed by atoms with Crippen LogP contribution in [0.25, 0.3) is 33.4 Å². The fraction of sp³-hybridized carbons (Fsp3) is 0.247. The third-order valence-electron chi connectivity index (χ3n) is 17.6. The molecule has 0 bridgehead atoms. The SMILES string of the molecule is CNS(=O)(=O)c1ccc(-c2cccc(NC(=O)C3(c4ccc(OC)cc4)CCCC3)c2)cc1.COc1ccccc1C1(C(=O)Nc2cccc(-c3ccc(CNS(C)(=O)=O)cc3)c2)CC1.Cc1ccc(NC(=O)C2(c3ccc4c(c3)OCO4)CC2)cc1-c1ccoc1.[HH].[HH].[HH].[HH]. The van der Waals surface area contributed by atoms with Gasteiger partial charge in [0.15, 0.2) is 11.5 Å². The number of aryl methyl sites for hydroxylation is 1. The van der Waals surface area contributed by atoms with Crippen LogP contribution in [-0.4, -0.2) is 68.9 Å². The Balaban J connectivity index is 0.000000200. The van der Waals surface area contributed by atoms with E-state index < -0.39 is 36.3 Å². The first-order chi connectivity index (χ1) is 44.3. The van der Waals surface area contributed by atoms with E-state index in [2.05, 4.69) is 25.4 Å². The predicted octanol–water partition coefficient (Wildman–Crippen LogP) is 14.4. The van der Waals surface area contributed by atoms with E-state index in [4.69, 9.17) is 23.4 Å². The van der Waals surface area contributed by atoms with E-state index in [0.29, 0.717) is 11.4 Å². The number of para-hydroxylation sites is 1. The Morgan fingerprint density at radius 2 is 1.10 bits per heavy atom. The lowest BCUT2D eigenvalue weighted by Crippen LogP contribution is -2.37.